The van der Waals surface area contributed by atoms with Gasteiger partial charge in [0.2, 0.25) is 0 Å². The second-order valence-electron chi connectivity index (χ2n) is 2.86. The zero-order valence-corrected chi connectivity index (χ0v) is 9.65. The minimum atomic E-state index is -0.765. The van der Waals surface area contributed by atoms with Crippen LogP contribution in [0.4, 0.5) is 0 Å². The maximum atomic E-state index is 10.9. The number of carbonyl (C=O) groups excluding carboxylic acids is 1. The predicted octanol–water partition coefficient (Wildman–Crippen LogP) is 0.0738. The molecule has 0 rings (SSSR count). The van der Waals surface area contributed by atoms with Crippen LogP contribution in [0.25, 0.3) is 0 Å². The minimum absolute atomic E-state index is 0.314. The first-order valence-electron chi connectivity index (χ1n) is 4.33. The van der Waals surface area contributed by atoms with Gasteiger partial charge in [0.1, 0.15) is 0 Å². The van der Waals surface area contributed by atoms with E-state index in [1.807, 2.05) is 0 Å². The molecule has 1 atom stereocenters. The average Bonchev–Trinajstić information content (AvgIpc) is 2.15. The van der Waals surface area contributed by atoms with E-state index in [0.717, 1.165) is 0 Å². The maximum Gasteiger partial charge on any atom is 0.333 e. The third kappa shape index (κ3) is 6.80. The second kappa shape index (κ2) is 7.70. The molecule has 0 radical (unpaired) electrons. The lowest BCUT2D eigenvalue weighted by Gasteiger charge is -2.01. The molecule has 0 aliphatic carbocycles. The van der Waals surface area contributed by atoms with Crippen molar-refractivity contribution in [2.24, 2.45) is 0 Å². The van der Waals surface area contributed by atoms with Gasteiger partial charge in [-0.3, -0.25) is 4.21 Å². The Balaban J connectivity index is 3.61. The van der Waals surface area contributed by atoms with Crippen LogP contribution >= 0.6 is 0 Å². The number of ether oxygens (including phenoxy) is 1. The molecule has 0 aliphatic rings. The van der Waals surface area contributed by atoms with Gasteiger partial charge >= 0.3 is 5.97 Å². The number of hydrogen-bond donors (Lipinski definition) is 1. The molecule has 1 unspecified atom stereocenters. The van der Waals surface area contributed by atoms with Gasteiger partial charge in [0.05, 0.1) is 7.11 Å². The van der Waals surface area contributed by atoms with Crippen LogP contribution in [0, 0.1) is 0 Å². The number of hydrogen-bond acceptors (Lipinski definition) is 4. The fourth-order valence-electron chi connectivity index (χ4n) is 0.788. The van der Waals surface area contributed by atoms with Gasteiger partial charge in [-0.15, -0.1) is 0 Å². The number of carbonyl (C=O) groups is 1. The van der Waals surface area contributed by atoms with Crippen molar-refractivity contribution in [1.82, 2.24) is 5.32 Å². The maximum absolute atomic E-state index is 10.9. The van der Waals surface area contributed by atoms with Gasteiger partial charge in [-0.1, -0.05) is 6.08 Å². The van der Waals surface area contributed by atoms with Crippen LogP contribution in [0.15, 0.2) is 11.6 Å². The lowest BCUT2D eigenvalue weighted by Crippen LogP contribution is -2.20. The van der Waals surface area contributed by atoms with E-state index in [0.29, 0.717) is 24.4 Å². The molecular weight excluding hydrogens is 202 g/mol. The van der Waals surface area contributed by atoms with Gasteiger partial charge in [0.15, 0.2) is 0 Å². The first-order valence-corrected chi connectivity index (χ1v) is 6.06. The van der Waals surface area contributed by atoms with Crippen molar-refractivity contribution >= 4 is 16.8 Å². The fraction of sp³-hybridized carbons (Fsp3) is 0.667. The van der Waals surface area contributed by atoms with E-state index < -0.39 is 10.8 Å². The highest BCUT2D eigenvalue weighted by molar-refractivity contribution is 7.84. The zero-order valence-electron chi connectivity index (χ0n) is 8.83. The van der Waals surface area contributed by atoms with Crippen LogP contribution in [-0.4, -0.2) is 42.4 Å². The molecule has 0 saturated heterocycles. The zero-order chi connectivity index (χ0) is 11.0. The molecule has 0 saturated carbocycles. The van der Waals surface area contributed by atoms with Crippen molar-refractivity contribution in [3.05, 3.63) is 11.6 Å². The molecule has 0 aromatic carbocycles. The van der Waals surface area contributed by atoms with Crippen molar-refractivity contribution in [1.29, 1.82) is 0 Å². The molecule has 0 aromatic rings. The van der Waals surface area contributed by atoms with Crippen LogP contribution in [0.2, 0.25) is 0 Å². The normalized spacial score (nSPS) is 13.8. The van der Waals surface area contributed by atoms with Crippen molar-refractivity contribution < 1.29 is 13.7 Å². The van der Waals surface area contributed by atoms with E-state index in [1.165, 1.54) is 7.11 Å². The Kier molecular flexibility index (Phi) is 7.32. The molecular formula is C9H17NO3S. The highest BCUT2D eigenvalue weighted by Crippen LogP contribution is 1.93. The first kappa shape index (κ1) is 13.3. The molecule has 82 valence electrons. The van der Waals surface area contributed by atoms with E-state index in [-0.39, 0.29) is 5.97 Å². The van der Waals surface area contributed by atoms with Gasteiger partial charge in [0.25, 0.3) is 0 Å². The summed E-state index contributed by atoms with van der Waals surface area (Å²) in [6, 6.07) is 0. The Morgan fingerprint density at radius 3 is 2.71 bits per heavy atom. The molecule has 0 heterocycles. The number of rotatable bonds is 6. The lowest BCUT2D eigenvalue weighted by molar-refractivity contribution is -0.136. The molecule has 0 amide bonds. The van der Waals surface area contributed by atoms with Crippen LogP contribution in [0.3, 0.4) is 0 Å². The molecule has 0 spiro atoms. The summed E-state index contributed by atoms with van der Waals surface area (Å²) in [5.74, 6) is 0.316. The highest BCUT2D eigenvalue weighted by Gasteiger charge is 2.00. The molecule has 14 heavy (non-hydrogen) atoms. The average molecular weight is 219 g/mol. The quantitative estimate of drug-likeness (QED) is 0.390. The van der Waals surface area contributed by atoms with Gasteiger partial charge in [-0.05, 0) is 6.92 Å². The summed E-state index contributed by atoms with van der Waals surface area (Å²) in [5, 5.41) is 3.05. The Bertz CT molecular complexity index is 238. The molecule has 0 aromatic heterocycles. The third-order valence-corrected chi connectivity index (χ3v) is 2.41. The summed E-state index contributed by atoms with van der Waals surface area (Å²) in [7, 11) is 0.590. The SMILES string of the molecule is COC(=O)C(C)=CCNCCS(C)=O. The summed E-state index contributed by atoms with van der Waals surface area (Å²) in [6.07, 6.45) is 3.42. The van der Waals surface area contributed by atoms with E-state index in [9.17, 15) is 9.00 Å². The third-order valence-electron chi connectivity index (χ3n) is 1.63. The molecule has 0 bridgehead atoms. The van der Waals surface area contributed by atoms with Crippen molar-refractivity contribution in [2.45, 2.75) is 6.92 Å². The Labute approximate surface area is 87.2 Å². The van der Waals surface area contributed by atoms with Crippen molar-refractivity contribution in [2.75, 3.05) is 32.2 Å². The van der Waals surface area contributed by atoms with E-state index in [4.69, 9.17) is 0 Å². The summed E-state index contributed by atoms with van der Waals surface area (Å²) in [4.78, 5) is 10.9. The summed E-state index contributed by atoms with van der Waals surface area (Å²) < 4.78 is 15.2. The van der Waals surface area contributed by atoms with Gasteiger partial charge in [0, 0.05) is 41.5 Å². The Morgan fingerprint density at radius 1 is 1.57 bits per heavy atom. The van der Waals surface area contributed by atoms with E-state index in [2.05, 4.69) is 10.1 Å². The standard InChI is InChI=1S/C9H17NO3S/c1-8(9(11)13-2)4-5-10-6-7-14(3)12/h4,10H,5-7H2,1-3H3. The Hall–Kier alpha value is -0.680. The van der Waals surface area contributed by atoms with E-state index in [1.54, 1.807) is 19.3 Å². The highest BCUT2D eigenvalue weighted by atomic mass is 32.2. The smallest absolute Gasteiger partial charge is 0.333 e. The van der Waals surface area contributed by atoms with Gasteiger partial charge in [-0.2, -0.15) is 0 Å². The summed E-state index contributed by atoms with van der Waals surface area (Å²) >= 11 is 0. The first-order chi connectivity index (χ1) is 6.57. The van der Waals surface area contributed by atoms with Crippen LogP contribution < -0.4 is 5.32 Å². The minimum Gasteiger partial charge on any atom is -0.466 e. The summed E-state index contributed by atoms with van der Waals surface area (Å²) in [5.41, 5.74) is 0.581. The molecule has 0 fully saturated rings. The van der Waals surface area contributed by atoms with Crippen molar-refractivity contribution in [3.63, 3.8) is 0 Å². The fourth-order valence-corrected chi connectivity index (χ4v) is 1.22. The van der Waals surface area contributed by atoms with Crippen molar-refractivity contribution in [3.8, 4) is 0 Å². The van der Waals surface area contributed by atoms with Gasteiger partial charge < -0.3 is 10.1 Å². The lowest BCUT2D eigenvalue weighted by atomic mass is 10.3. The predicted molar refractivity (Wildman–Crippen MR) is 57.6 cm³/mol. The van der Waals surface area contributed by atoms with Crippen LogP contribution in [0.5, 0.6) is 0 Å². The number of esters is 1. The largest absolute Gasteiger partial charge is 0.466 e. The number of methoxy groups -OCH3 is 1. The molecule has 4 nitrogen and oxygen atoms in total. The van der Waals surface area contributed by atoms with E-state index >= 15 is 0 Å². The molecule has 5 heteroatoms. The molecule has 1 N–H and O–H groups in total. The monoisotopic (exact) mass is 219 g/mol. The molecule has 0 aliphatic heterocycles. The van der Waals surface area contributed by atoms with Crippen LogP contribution in [0.1, 0.15) is 6.92 Å². The van der Waals surface area contributed by atoms with Gasteiger partial charge in [-0.25, -0.2) is 4.79 Å². The Morgan fingerprint density at radius 2 is 2.21 bits per heavy atom. The van der Waals surface area contributed by atoms with Crippen LogP contribution in [-0.2, 0) is 20.3 Å². The second-order valence-corrected chi connectivity index (χ2v) is 4.41. The topological polar surface area (TPSA) is 55.4 Å². The summed E-state index contributed by atoms with van der Waals surface area (Å²) in [6.45, 7) is 2.98. The number of nitrogens with one attached hydrogen (secondary N) is 1.